The molecular formula is C31H44N8O6. The molecule has 2 aromatic rings. The molecule has 5 atom stereocenters. The van der Waals surface area contributed by atoms with Gasteiger partial charge in [-0.15, -0.1) is 5.10 Å². The summed E-state index contributed by atoms with van der Waals surface area (Å²) in [5, 5.41) is 29.4. The predicted molar refractivity (Wildman–Crippen MR) is 164 cm³/mol. The Bertz CT molecular complexity index is 1330. The summed E-state index contributed by atoms with van der Waals surface area (Å²) in [6.07, 6.45) is 5.72. The van der Waals surface area contributed by atoms with Crippen molar-refractivity contribution in [1.29, 1.82) is 0 Å². The molecule has 5 unspecified atom stereocenters. The maximum Gasteiger partial charge on any atom is 0.326 e. The van der Waals surface area contributed by atoms with Crippen LogP contribution in [0.3, 0.4) is 0 Å². The molecule has 1 fully saturated rings. The molecule has 2 bridgehead atoms. The summed E-state index contributed by atoms with van der Waals surface area (Å²) in [5.74, 6) is -2.96. The van der Waals surface area contributed by atoms with Gasteiger partial charge in [-0.25, -0.2) is 4.79 Å². The second kappa shape index (κ2) is 16.1. The van der Waals surface area contributed by atoms with E-state index in [4.69, 9.17) is 0 Å². The number of nitrogens with zero attached hydrogens (tertiary/aromatic N) is 4. The van der Waals surface area contributed by atoms with Gasteiger partial charge in [-0.3, -0.25) is 23.9 Å². The topological polar surface area (TPSA) is 188 Å². The lowest BCUT2D eigenvalue weighted by Gasteiger charge is -2.30. The summed E-state index contributed by atoms with van der Waals surface area (Å²) in [4.78, 5) is 67.5. The third kappa shape index (κ3) is 9.33. The predicted octanol–water partition coefficient (Wildman–Crippen LogP) is 0.165. The third-order valence-electron chi connectivity index (χ3n) is 8.45. The fourth-order valence-corrected chi connectivity index (χ4v) is 5.72. The molecule has 3 heterocycles. The van der Waals surface area contributed by atoms with Crippen LogP contribution in [-0.2, 0) is 43.4 Å². The Kier molecular flexibility index (Phi) is 12.0. The van der Waals surface area contributed by atoms with Gasteiger partial charge < -0.3 is 31.3 Å². The molecule has 2 aliphatic rings. The molecule has 2 aliphatic heterocycles. The number of amides is 4. The van der Waals surface area contributed by atoms with Crippen molar-refractivity contribution >= 4 is 29.6 Å². The minimum atomic E-state index is -1.16. The van der Waals surface area contributed by atoms with Gasteiger partial charge in [0.1, 0.15) is 24.2 Å². The van der Waals surface area contributed by atoms with E-state index in [1.807, 2.05) is 36.5 Å². The van der Waals surface area contributed by atoms with E-state index in [0.717, 1.165) is 11.3 Å². The van der Waals surface area contributed by atoms with Crippen LogP contribution in [0, 0.1) is 0 Å². The van der Waals surface area contributed by atoms with Crippen molar-refractivity contribution in [2.45, 2.75) is 101 Å². The van der Waals surface area contributed by atoms with Gasteiger partial charge in [-0.1, -0.05) is 35.5 Å². The first-order chi connectivity index (χ1) is 21.7. The summed E-state index contributed by atoms with van der Waals surface area (Å²) < 4.78 is 1.70. The standard InChI is InChI=1S/C31H44N8O6/c1-20(32-2)27(40)33-23-14-8-12-22-19-38(37-36-22)16-7-6-13-24(31(44)45)34-28(41)25(18-21-10-4-3-5-11-21)35-29(42)26-15-9-17-39(26)30(23)43/h3-5,10-11,19-20,23-26,32H,6-9,12-18H2,1-2H3,(H,33,40)(H,34,41)(H,35,42)(H,44,45). The Morgan fingerprint density at radius 1 is 1.00 bits per heavy atom. The zero-order chi connectivity index (χ0) is 32.3. The second-order valence-corrected chi connectivity index (χ2v) is 11.8. The number of hydrogen-bond acceptors (Lipinski definition) is 8. The van der Waals surface area contributed by atoms with Crippen LogP contribution < -0.4 is 21.3 Å². The zero-order valence-corrected chi connectivity index (χ0v) is 25.9. The normalized spacial score (nSPS) is 24.6. The van der Waals surface area contributed by atoms with E-state index in [9.17, 15) is 29.1 Å². The van der Waals surface area contributed by atoms with Crippen molar-refractivity contribution in [3.05, 3.63) is 47.8 Å². The number of carbonyl (C=O) groups excluding carboxylic acids is 4. The molecule has 5 N–H and O–H groups in total. The molecule has 1 saturated heterocycles. The number of carboxylic acids is 1. The molecule has 0 aliphatic carbocycles. The van der Waals surface area contributed by atoms with Crippen molar-refractivity contribution in [1.82, 2.24) is 41.2 Å². The summed E-state index contributed by atoms with van der Waals surface area (Å²) in [7, 11) is 1.66. The fourth-order valence-electron chi connectivity index (χ4n) is 5.72. The number of carboxylic acid groups (broad SMARTS) is 1. The molecule has 0 radical (unpaired) electrons. The lowest BCUT2D eigenvalue weighted by Crippen LogP contribution is -2.58. The molecular weight excluding hydrogens is 580 g/mol. The average Bonchev–Trinajstić information content (AvgIpc) is 3.71. The van der Waals surface area contributed by atoms with Crippen LogP contribution in [0.2, 0.25) is 0 Å². The molecule has 45 heavy (non-hydrogen) atoms. The quantitative estimate of drug-likeness (QED) is 0.298. The number of nitrogens with one attached hydrogen (secondary N) is 4. The summed E-state index contributed by atoms with van der Waals surface area (Å²) in [5.41, 5.74) is 1.52. The Hall–Kier alpha value is -4.33. The largest absolute Gasteiger partial charge is 0.480 e. The first kappa shape index (κ1) is 33.6. The number of fused-ring (bicyclic) bond motifs is 3. The monoisotopic (exact) mass is 624 g/mol. The van der Waals surface area contributed by atoms with E-state index in [0.29, 0.717) is 58.0 Å². The first-order valence-corrected chi connectivity index (χ1v) is 15.7. The van der Waals surface area contributed by atoms with Crippen molar-refractivity contribution in [2.24, 2.45) is 0 Å². The lowest BCUT2D eigenvalue weighted by molar-refractivity contribution is -0.143. The first-order valence-electron chi connectivity index (χ1n) is 15.7. The lowest BCUT2D eigenvalue weighted by atomic mass is 10.0. The Morgan fingerprint density at radius 3 is 2.51 bits per heavy atom. The van der Waals surface area contributed by atoms with Gasteiger partial charge >= 0.3 is 5.97 Å². The number of rotatable bonds is 6. The van der Waals surface area contributed by atoms with Gasteiger partial charge in [-0.2, -0.15) is 0 Å². The molecule has 1 aromatic carbocycles. The van der Waals surface area contributed by atoms with E-state index in [-0.39, 0.29) is 24.7 Å². The highest BCUT2D eigenvalue weighted by atomic mass is 16.4. The minimum absolute atomic E-state index is 0.140. The van der Waals surface area contributed by atoms with Crippen LogP contribution in [0.1, 0.15) is 63.1 Å². The minimum Gasteiger partial charge on any atom is -0.480 e. The smallest absolute Gasteiger partial charge is 0.326 e. The van der Waals surface area contributed by atoms with E-state index >= 15 is 0 Å². The zero-order valence-electron chi connectivity index (χ0n) is 25.9. The number of aryl methyl sites for hydroxylation is 2. The van der Waals surface area contributed by atoms with E-state index in [1.54, 1.807) is 18.7 Å². The summed E-state index contributed by atoms with van der Waals surface area (Å²) in [6, 6.07) is 4.70. The summed E-state index contributed by atoms with van der Waals surface area (Å²) >= 11 is 0. The number of hydrogen-bond donors (Lipinski definition) is 5. The molecule has 4 rings (SSSR count). The van der Waals surface area contributed by atoms with Crippen molar-refractivity contribution < 1.29 is 29.1 Å². The average molecular weight is 625 g/mol. The van der Waals surface area contributed by atoms with Crippen molar-refractivity contribution in [3.63, 3.8) is 0 Å². The second-order valence-electron chi connectivity index (χ2n) is 11.8. The van der Waals surface area contributed by atoms with Crippen LogP contribution in [0.5, 0.6) is 0 Å². The maximum absolute atomic E-state index is 13.9. The van der Waals surface area contributed by atoms with E-state index in [1.165, 1.54) is 4.90 Å². The van der Waals surface area contributed by atoms with Gasteiger partial charge in [-0.05, 0) is 70.9 Å². The maximum atomic E-state index is 13.9. The number of aromatic nitrogens is 3. The van der Waals surface area contributed by atoms with Crippen LogP contribution in [0.25, 0.3) is 0 Å². The highest BCUT2D eigenvalue weighted by Gasteiger charge is 2.39. The van der Waals surface area contributed by atoms with Gasteiger partial charge in [0.15, 0.2) is 0 Å². The molecule has 0 spiro atoms. The van der Waals surface area contributed by atoms with Gasteiger partial charge in [0.2, 0.25) is 23.6 Å². The van der Waals surface area contributed by atoms with Gasteiger partial charge in [0.25, 0.3) is 0 Å². The SMILES string of the molecule is CNC(C)C(=O)NC1CCCc2cn(nn2)CCCCC(C(=O)O)NC(=O)C(Cc2ccccc2)NC(=O)C2CCCN2C1=O. The fraction of sp³-hybridized carbons (Fsp3) is 0.581. The Balaban J connectivity index is 1.61. The van der Waals surface area contributed by atoms with E-state index in [2.05, 4.69) is 31.6 Å². The van der Waals surface area contributed by atoms with Crippen LogP contribution in [0.4, 0.5) is 0 Å². The number of aliphatic carboxylic acids is 1. The third-order valence-corrected chi connectivity index (χ3v) is 8.45. The van der Waals surface area contributed by atoms with E-state index < -0.39 is 48.0 Å². The van der Waals surface area contributed by atoms with Crippen LogP contribution in [-0.4, -0.2) is 98.4 Å². The molecule has 244 valence electrons. The van der Waals surface area contributed by atoms with Gasteiger partial charge in [0.05, 0.1) is 11.7 Å². The molecule has 1 aromatic heterocycles. The van der Waals surface area contributed by atoms with Crippen LogP contribution in [0.15, 0.2) is 36.5 Å². The highest BCUT2D eigenvalue weighted by molar-refractivity contribution is 5.95. The molecule has 0 saturated carbocycles. The van der Waals surface area contributed by atoms with Crippen LogP contribution >= 0.6 is 0 Å². The Morgan fingerprint density at radius 2 is 1.78 bits per heavy atom. The Labute approximate surface area is 262 Å². The number of benzene rings is 1. The molecule has 14 heteroatoms. The molecule has 14 nitrogen and oxygen atoms in total. The number of carbonyl (C=O) groups is 5. The summed E-state index contributed by atoms with van der Waals surface area (Å²) in [6.45, 7) is 2.55. The molecule has 4 amide bonds. The van der Waals surface area contributed by atoms with Crippen molar-refractivity contribution in [3.8, 4) is 0 Å². The van der Waals surface area contributed by atoms with Crippen molar-refractivity contribution in [2.75, 3.05) is 13.6 Å². The number of likely N-dealkylation sites (N-methyl/N-ethyl adjacent to an activating group) is 1. The van der Waals surface area contributed by atoms with Gasteiger partial charge in [0, 0.05) is 25.7 Å². The highest BCUT2D eigenvalue weighted by Crippen LogP contribution is 2.21.